The van der Waals surface area contributed by atoms with Crippen LogP contribution in [-0.4, -0.2) is 13.3 Å². The molecule has 0 saturated carbocycles. The molecule has 2 aromatic carbocycles. The van der Waals surface area contributed by atoms with Crippen molar-refractivity contribution in [2.24, 2.45) is 5.14 Å². The minimum Gasteiger partial charge on any atom is -0.354 e. The molecule has 3 N–H and O–H groups in total. The Labute approximate surface area is 128 Å². The summed E-state index contributed by atoms with van der Waals surface area (Å²) in [4.78, 5) is 9.81. The Hall–Kier alpha value is -2.45. The minimum atomic E-state index is -4.10. The quantitative estimate of drug-likeness (QED) is 0.663. The Morgan fingerprint density at radius 3 is 2.41 bits per heavy atom. The van der Waals surface area contributed by atoms with Gasteiger partial charge in [0.2, 0.25) is 10.0 Å². The maximum Gasteiger partial charge on any atom is 0.270 e. The molecule has 0 amide bonds. The van der Waals surface area contributed by atoms with E-state index in [0.717, 1.165) is 17.2 Å². The summed E-state index contributed by atoms with van der Waals surface area (Å²) in [5.41, 5.74) is 2.54. The topological polar surface area (TPSA) is 115 Å². The number of nitrogens with one attached hydrogen (secondary N) is 1. The van der Waals surface area contributed by atoms with Crippen LogP contribution in [0.4, 0.5) is 17.1 Å². The van der Waals surface area contributed by atoms with E-state index in [1.54, 1.807) is 6.07 Å². The standard InChI is InChI=1S/C14H15N3O4S/c1-9-4-3-5-12(10(9)2)16-13-7-6-11(17(18)19)8-14(13)22(15,20)21/h3-8,16H,1-2H3,(H2,15,20,21). The van der Waals surface area contributed by atoms with Crippen molar-refractivity contribution in [1.29, 1.82) is 0 Å². The second-order valence-corrected chi connectivity index (χ2v) is 6.38. The number of anilines is 2. The second-order valence-electron chi connectivity index (χ2n) is 4.86. The summed E-state index contributed by atoms with van der Waals surface area (Å²) in [6.45, 7) is 3.82. The molecule has 0 radical (unpaired) electrons. The molecule has 0 aromatic heterocycles. The zero-order valence-corrected chi connectivity index (χ0v) is 12.8. The fourth-order valence-electron chi connectivity index (χ4n) is 1.99. The predicted molar refractivity (Wildman–Crippen MR) is 83.7 cm³/mol. The molecule has 0 aliphatic rings. The van der Waals surface area contributed by atoms with Gasteiger partial charge in [-0.05, 0) is 37.1 Å². The van der Waals surface area contributed by atoms with Crippen molar-refractivity contribution in [3.05, 3.63) is 57.6 Å². The van der Waals surface area contributed by atoms with E-state index in [2.05, 4.69) is 5.32 Å². The lowest BCUT2D eigenvalue weighted by atomic mass is 10.1. The Kier molecular flexibility index (Phi) is 4.16. The molecule has 116 valence electrons. The van der Waals surface area contributed by atoms with Crippen LogP contribution in [0, 0.1) is 24.0 Å². The average Bonchev–Trinajstić information content (AvgIpc) is 2.43. The number of primary sulfonamides is 1. The van der Waals surface area contributed by atoms with Gasteiger partial charge in [-0.15, -0.1) is 0 Å². The zero-order chi connectivity index (χ0) is 16.5. The second kappa shape index (κ2) is 5.74. The van der Waals surface area contributed by atoms with Crippen molar-refractivity contribution in [1.82, 2.24) is 0 Å². The van der Waals surface area contributed by atoms with E-state index >= 15 is 0 Å². The highest BCUT2D eigenvalue weighted by Gasteiger charge is 2.19. The lowest BCUT2D eigenvalue weighted by Gasteiger charge is -2.14. The number of nitrogens with two attached hydrogens (primary N) is 1. The summed E-state index contributed by atoms with van der Waals surface area (Å²) < 4.78 is 23.4. The highest BCUT2D eigenvalue weighted by molar-refractivity contribution is 7.89. The third-order valence-corrected chi connectivity index (χ3v) is 4.31. The summed E-state index contributed by atoms with van der Waals surface area (Å²) >= 11 is 0. The van der Waals surface area contributed by atoms with Crippen LogP contribution in [0.1, 0.15) is 11.1 Å². The molecule has 0 bridgehead atoms. The Morgan fingerprint density at radius 2 is 1.82 bits per heavy atom. The van der Waals surface area contributed by atoms with Gasteiger partial charge in [-0.2, -0.15) is 0 Å². The molecular weight excluding hydrogens is 306 g/mol. The normalized spacial score (nSPS) is 11.2. The molecule has 0 unspecified atom stereocenters. The highest BCUT2D eigenvalue weighted by Crippen LogP contribution is 2.30. The molecular formula is C14H15N3O4S. The minimum absolute atomic E-state index is 0.196. The van der Waals surface area contributed by atoms with Crippen molar-refractivity contribution in [2.45, 2.75) is 18.7 Å². The number of hydrogen-bond donors (Lipinski definition) is 2. The third-order valence-electron chi connectivity index (χ3n) is 3.36. The molecule has 0 heterocycles. The van der Waals surface area contributed by atoms with Crippen LogP contribution in [0.3, 0.4) is 0 Å². The molecule has 0 spiro atoms. The van der Waals surface area contributed by atoms with Crippen LogP contribution < -0.4 is 10.5 Å². The molecule has 0 atom stereocenters. The first kappa shape index (κ1) is 15.9. The first-order valence-corrected chi connectivity index (χ1v) is 7.89. The number of aryl methyl sites for hydroxylation is 1. The summed E-state index contributed by atoms with van der Waals surface area (Å²) in [6.07, 6.45) is 0. The molecule has 0 aliphatic heterocycles. The Balaban J connectivity index is 2.56. The maximum absolute atomic E-state index is 11.7. The lowest BCUT2D eigenvalue weighted by molar-refractivity contribution is -0.385. The zero-order valence-electron chi connectivity index (χ0n) is 12.0. The Bertz CT molecular complexity index is 847. The first-order valence-electron chi connectivity index (χ1n) is 6.34. The molecule has 0 fully saturated rings. The van der Waals surface area contributed by atoms with Gasteiger partial charge in [-0.1, -0.05) is 12.1 Å². The van der Waals surface area contributed by atoms with Crippen LogP contribution in [0.2, 0.25) is 0 Å². The van der Waals surface area contributed by atoms with E-state index in [-0.39, 0.29) is 16.3 Å². The van der Waals surface area contributed by atoms with E-state index in [1.807, 2.05) is 26.0 Å². The van der Waals surface area contributed by atoms with E-state index < -0.39 is 14.9 Å². The molecule has 2 aromatic rings. The largest absolute Gasteiger partial charge is 0.354 e. The van der Waals surface area contributed by atoms with Gasteiger partial charge < -0.3 is 5.32 Å². The molecule has 7 nitrogen and oxygen atoms in total. The predicted octanol–water partition coefficient (Wildman–Crippen LogP) is 2.60. The maximum atomic E-state index is 11.7. The smallest absolute Gasteiger partial charge is 0.270 e. The number of nitro groups is 1. The molecule has 8 heteroatoms. The molecule has 0 aliphatic carbocycles. The highest BCUT2D eigenvalue weighted by atomic mass is 32.2. The number of hydrogen-bond acceptors (Lipinski definition) is 5. The van der Waals surface area contributed by atoms with Crippen LogP contribution in [0.5, 0.6) is 0 Å². The number of nitrogens with zero attached hydrogens (tertiary/aromatic N) is 1. The van der Waals surface area contributed by atoms with Crippen LogP contribution in [-0.2, 0) is 10.0 Å². The van der Waals surface area contributed by atoms with Gasteiger partial charge in [0.05, 0.1) is 10.6 Å². The van der Waals surface area contributed by atoms with Gasteiger partial charge in [0.1, 0.15) is 4.90 Å². The van der Waals surface area contributed by atoms with Crippen molar-refractivity contribution < 1.29 is 13.3 Å². The van der Waals surface area contributed by atoms with Gasteiger partial charge in [0.25, 0.3) is 5.69 Å². The van der Waals surface area contributed by atoms with Crippen molar-refractivity contribution in [2.75, 3.05) is 5.32 Å². The first-order chi connectivity index (χ1) is 10.2. The van der Waals surface area contributed by atoms with Gasteiger partial charge in [0.15, 0.2) is 0 Å². The SMILES string of the molecule is Cc1cccc(Nc2ccc([N+](=O)[O-])cc2S(N)(=O)=O)c1C. The summed E-state index contributed by atoms with van der Waals surface area (Å²) in [5.74, 6) is 0. The monoisotopic (exact) mass is 321 g/mol. The van der Waals surface area contributed by atoms with Crippen LogP contribution >= 0.6 is 0 Å². The van der Waals surface area contributed by atoms with E-state index in [4.69, 9.17) is 5.14 Å². The van der Waals surface area contributed by atoms with E-state index in [9.17, 15) is 18.5 Å². The fraction of sp³-hybridized carbons (Fsp3) is 0.143. The molecule has 2 rings (SSSR count). The summed E-state index contributed by atoms with van der Waals surface area (Å²) in [7, 11) is -4.10. The third kappa shape index (κ3) is 3.23. The van der Waals surface area contributed by atoms with Gasteiger partial charge in [-0.3, -0.25) is 10.1 Å². The van der Waals surface area contributed by atoms with Gasteiger partial charge in [-0.25, -0.2) is 13.6 Å². The van der Waals surface area contributed by atoms with E-state index in [1.165, 1.54) is 12.1 Å². The number of rotatable bonds is 4. The number of nitro benzene ring substituents is 1. The van der Waals surface area contributed by atoms with Crippen molar-refractivity contribution >= 4 is 27.1 Å². The number of sulfonamides is 1. The molecule has 0 saturated heterocycles. The number of non-ortho nitro benzene ring substituents is 1. The van der Waals surface area contributed by atoms with Crippen molar-refractivity contribution in [3.63, 3.8) is 0 Å². The van der Waals surface area contributed by atoms with E-state index in [0.29, 0.717) is 5.69 Å². The molecule has 22 heavy (non-hydrogen) atoms. The lowest BCUT2D eigenvalue weighted by Crippen LogP contribution is -2.14. The number of benzene rings is 2. The summed E-state index contributed by atoms with van der Waals surface area (Å²) in [5, 5.41) is 18.9. The summed E-state index contributed by atoms with van der Waals surface area (Å²) in [6, 6.07) is 9.05. The van der Waals surface area contributed by atoms with Crippen LogP contribution in [0.25, 0.3) is 0 Å². The average molecular weight is 321 g/mol. The fourth-order valence-corrected chi connectivity index (χ4v) is 2.71. The van der Waals surface area contributed by atoms with Gasteiger partial charge in [0, 0.05) is 17.8 Å². The Morgan fingerprint density at radius 1 is 1.14 bits per heavy atom. The van der Waals surface area contributed by atoms with Crippen LogP contribution in [0.15, 0.2) is 41.3 Å². The van der Waals surface area contributed by atoms with Gasteiger partial charge >= 0.3 is 0 Å². The van der Waals surface area contributed by atoms with Crippen molar-refractivity contribution in [3.8, 4) is 0 Å².